The molecule has 3 rings (SSSR count). The van der Waals surface area contributed by atoms with Gasteiger partial charge in [-0.05, 0) is 49.2 Å². The van der Waals surface area contributed by atoms with E-state index in [0.29, 0.717) is 17.3 Å². The summed E-state index contributed by atoms with van der Waals surface area (Å²) in [7, 11) is 0. The Labute approximate surface area is 168 Å². The molecular weight excluding hydrogens is 380 g/mol. The van der Waals surface area contributed by atoms with Crippen molar-refractivity contribution in [3.63, 3.8) is 0 Å². The van der Waals surface area contributed by atoms with Crippen LogP contribution in [0.3, 0.4) is 0 Å². The van der Waals surface area contributed by atoms with E-state index in [1.54, 1.807) is 4.68 Å². The summed E-state index contributed by atoms with van der Waals surface area (Å²) in [5.41, 5.74) is 1.64. The van der Waals surface area contributed by atoms with Crippen molar-refractivity contribution in [2.24, 2.45) is 5.92 Å². The number of nitrogens with zero attached hydrogens (tertiary/aromatic N) is 2. The summed E-state index contributed by atoms with van der Waals surface area (Å²) in [5, 5.41) is 5.30. The maximum atomic E-state index is 12.4. The van der Waals surface area contributed by atoms with E-state index < -0.39 is 0 Å². The summed E-state index contributed by atoms with van der Waals surface area (Å²) >= 11 is 7.49. The van der Waals surface area contributed by atoms with Crippen molar-refractivity contribution in [2.45, 2.75) is 37.0 Å². The number of aromatic nitrogens is 2. The Morgan fingerprint density at radius 1 is 1.15 bits per heavy atom. The average molecular weight is 401 g/mol. The summed E-state index contributed by atoms with van der Waals surface area (Å²) in [6.07, 6.45) is 0.351. The Morgan fingerprint density at radius 2 is 1.81 bits per heavy atom. The van der Waals surface area contributed by atoms with Gasteiger partial charge in [0.15, 0.2) is 0 Å². The molecule has 0 aliphatic heterocycles. The predicted molar refractivity (Wildman–Crippen MR) is 109 cm³/mol. The highest BCUT2D eigenvalue weighted by atomic mass is 35.5. The summed E-state index contributed by atoms with van der Waals surface area (Å²) in [6.45, 7) is 5.90. The number of halogens is 1. The minimum atomic E-state index is -0.264. The Morgan fingerprint density at radius 3 is 2.44 bits per heavy atom. The summed E-state index contributed by atoms with van der Waals surface area (Å²) in [5.74, 6) is 0.406. The Hall–Kier alpha value is -2.24. The molecule has 1 heterocycles. The van der Waals surface area contributed by atoms with Crippen LogP contribution < -0.4 is 4.74 Å². The van der Waals surface area contributed by atoms with Gasteiger partial charge in [0, 0.05) is 16.3 Å². The first-order valence-corrected chi connectivity index (χ1v) is 9.92. The van der Waals surface area contributed by atoms with Crippen molar-refractivity contribution in [1.29, 1.82) is 0 Å². The zero-order valence-corrected chi connectivity index (χ0v) is 17.1. The van der Waals surface area contributed by atoms with Gasteiger partial charge in [-0.1, -0.05) is 55.4 Å². The van der Waals surface area contributed by atoms with Crippen LogP contribution in [0.5, 0.6) is 5.88 Å². The average Bonchev–Trinajstić information content (AvgIpc) is 2.93. The Balaban J connectivity index is 2.01. The third kappa shape index (κ3) is 4.93. The van der Waals surface area contributed by atoms with Gasteiger partial charge in [-0.15, -0.1) is 0 Å². The van der Waals surface area contributed by atoms with E-state index in [9.17, 15) is 4.79 Å². The normalized spacial score (nSPS) is 11.0. The molecule has 27 heavy (non-hydrogen) atoms. The molecule has 0 aliphatic carbocycles. The van der Waals surface area contributed by atoms with Gasteiger partial charge >= 0.3 is 5.97 Å². The second-order valence-corrected chi connectivity index (χ2v) is 8.12. The van der Waals surface area contributed by atoms with Crippen LogP contribution in [0.4, 0.5) is 0 Å². The lowest BCUT2D eigenvalue weighted by atomic mass is 10.1. The fraction of sp³-hybridized carbons (Fsp3) is 0.238. The number of aryl methyl sites for hydroxylation is 1. The van der Waals surface area contributed by atoms with Gasteiger partial charge < -0.3 is 4.74 Å². The van der Waals surface area contributed by atoms with Crippen molar-refractivity contribution in [2.75, 3.05) is 0 Å². The van der Waals surface area contributed by atoms with Gasteiger partial charge in [-0.25, -0.2) is 0 Å². The van der Waals surface area contributed by atoms with Crippen LogP contribution in [0, 0.1) is 12.8 Å². The quantitative estimate of drug-likeness (QED) is 0.480. The lowest BCUT2D eigenvalue weighted by molar-refractivity contribution is -0.135. The second-order valence-electron chi connectivity index (χ2n) is 6.60. The number of hydrogen-bond acceptors (Lipinski definition) is 4. The minimum absolute atomic E-state index is 0.221. The van der Waals surface area contributed by atoms with E-state index in [2.05, 4.69) is 5.10 Å². The van der Waals surface area contributed by atoms with Crippen molar-refractivity contribution < 1.29 is 9.53 Å². The number of carbonyl (C=O) groups is 1. The first-order valence-electron chi connectivity index (χ1n) is 8.73. The third-order valence-electron chi connectivity index (χ3n) is 3.78. The van der Waals surface area contributed by atoms with Crippen molar-refractivity contribution in [3.05, 3.63) is 65.3 Å². The molecule has 6 heteroatoms. The molecule has 0 N–H and O–H groups in total. The lowest BCUT2D eigenvalue weighted by Crippen LogP contribution is -2.14. The molecule has 0 aliphatic rings. The minimum Gasteiger partial charge on any atom is -0.406 e. The number of para-hydroxylation sites is 1. The van der Waals surface area contributed by atoms with E-state index in [0.717, 1.165) is 21.2 Å². The van der Waals surface area contributed by atoms with Crippen LogP contribution >= 0.6 is 23.4 Å². The van der Waals surface area contributed by atoms with E-state index in [1.165, 1.54) is 11.8 Å². The molecule has 0 spiro atoms. The van der Waals surface area contributed by atoms with Gasteiger partial charge in [-0.3, -0.25) is 4.79 Å². The smallest absolute Gasteiger partial charge is 0.312 e. The van der Waals surface area contributed by atoms with Gasteiger partial charge in [0.1, 0.15) is 0 Å². The highest BCUT2D eigenvalue weighted by Crippen LogP contribution is 2.39. The molecule has 140 valence electrons. The number of rotatable bonds is 6. The van der Waals surface area contributed by atoms with Gasteiger partial charge in [-0.2, -0.15) is 9.78 Å². The second kappa shape index (κ2) is 8.63. The van der Waals surface area contributed by atoms with Crippen LogP contribution in [0.15, 0.2) is 64.4 Å². The molecule has 3 aromatic rings. The molecule has 4 nitrogen and oxygen atoms in total. The number of hydrogen-bond donors (Lipinski definition) is 0. The van der Waals surface area contributed by atoms with Crippen molar-refractivity contribution >= 4 is 29.3 Å². The topological polar surface area (TPSA) is 44.1 Å². The first kappa shape index (κ1) is 19.5. The van der Waals surface area contributed by atoms with E-state index in [-0.39, 0.29) is 11.9 Å². The zero-order chi connectivity index (χ0) is 19.4. The molecule has 0 amide bonds. The highest BCUT2D eigenvalue weighted by Gasteiger charge is 2.22. The lowest BCUT2D eigenvalue weighted by Gasteiger charge is -2.11. The summed E-state index contributed by atoms with van der Waals surface area (Å²) < 4.78 is 7.46. The molecule has 0 saturated carbocycles. The number of carbonyl (C=O) groups excluding carboxylic acids is 1. The third-order valence-corrected chi connectivity index (χ3v) is 5.22. The SMILES string of the molecule is Cc1nn(-c2ccccc2)c(OC(=O)CC(C)C)c1Sc1ccc(Cl)cc1. The first-order chi connectivity index (χ1) is 12.9. The van der Waals surface area contributed by atoms with E-state index in [1.807, 2.05) is 75.4 Å². The maximum Gasteiger partial charge on any atom is 0.312 e. The molecular formula is C21H21ClN2O2S. The molecule has 0 radical (unpaired) electrons. The van der Waals surface area contributed by atoms with E-state index >= 15 is 0 Å². The molecule has 0 fully saturated rings. The Bertz CT molecular complexity index is 921. The molecule has 1 aromatic heterocycles. The van der Waals surface area contributed by atoms with Crippen molar-refractivity contribution in [3.8, 4) is 11.6 Å². The summed E-state index contributed by atoms with van der Waals surface area (Å²) in [4.78, 5) is 14.2. The summed E-state index contributed by atoms with van der Waals surface area (Å²) in [6, 6.07) is 17.2. The van der Waals surface area contributed by atoms with Gasteiger partial charge in [0.05, 0.1) is 16.3 Å². The molecule has 2 aromatic carbocycles. The van der Waals surface area contributed by atoms with Crippen LogP contribution in [-0.2, 0) is 4.79 Å². The number of esters is 1. The molecule has 0 bridgehead atoms. The highest BCUT2D eigenvalue weighted by molar-refractivity contribution is 7.99. The fourth-order valence-electron chi connectivity index (χ4n) is 2.55. The molecule has 0 saturated heterocycles. The van der Waals surface area contributed by atoms with Gasteiger partial charge in [0.2, 0.25) is 5.88 Å². The monoisotopic (exact) mass is 400 g/mol. The fourth-order valence-corrected chi connectivity index (χ4v) is 3.58. The standard InChI is InChI=1S/C21H21ClN2O2S/c1-14(2)13-19(25)26-21-20(27-18-11-9-16(22)10-12-18)15(3)23-24(21)17-7-5-4-6-8-17/h4-12,14H,13H2,1-3H3. The van der Waals surface area contributed by atoms with E-state index in [4.69, 9.17) is 16.3 Å². The van der Waals surface area contributed by atoms with Gasteiger partial charge in [0.25, 0.3) is 0 Å². The maximum absolute atomic E-state index is 12.4. The van der Waals surface area contributed by atoms with Crippen LogP contribution in [0.1, 0.15) is 26.0 Å². The molecule has 0 unspecified atom stereocenters. The van der Waals surface area contributed by atoms with Crippen LogP contribution in [-0.4, -0.2) is 15.7 Å². The van der Waals surface area contributed by atoms with Crippen molar-refractivity contribution in [1.82, 2.24) is 9.78 Å². The predicted octanol–water partition coefficient (Wildman–Crippen LogP) is 5.94. The largest absolute Gasteiger partial charge is 0.406 e. The number of benzene rings is 2. The van der Waals surface area contributed by atoms with Crippen LogP contribution in [0.2, 0.25) is 5.02 Å². The molecule has 0 atom stereocenters. The zero-order valence-electron chi connectivity index (χ0n) is 15.5. The number of ether oxygens (including phenoxy) is 1. The Kier molecular flexibility index (Phi) is 6.24. The van der Waals surface area contributed by atoms with Crippen LogP contribution in [0.25, 0.3) is 5.69 Å².